The Morgan fingerprint density at radius 1 is 0.974 bits per heavy atom. The van der Waals surface area contributed by atoms with E-state index in [1.807, 2.05) is 0 Å². The molecular formula is C24H18N6O7S. The maximum absolute atomic E-state index is 13.3. The number of hydrogen-bond acceptors (Lipinski definition) is 9. The van der Waals surface area contributed by atoms with Crippen molar-refractivity contribution in [1.29, 1.82) is 0 Å². The molecule has 2 heterocycles. The summed E-state index contributed by atoms with van der Waals surface area (Å²) in [5, 5.41) is 25.4. The molecule has 4 rings (SSSR count). The van der Waals surface area contributed by atoms with E-state index in [9.17, 15) is 34.6 Å². The van der Waals surface area contributed by atoms with E-state index in [1.165, 1.54) is 67.0 Å². The van der Waals surface area contributed by atoms with Crippen molar-refractivity contribution in [3.05, 3.63) is 115 Å². The van der Waals surface area contributed by atoms with Gasteiger partial charge in [-0.2, -0.15) is 0 Å². The Labute approximate surface area is 218 Å². The summed E-state index contributed by atoms with van der Waals surface area (Å²) in [7, 11) is 0. The summed E-state index contributed by atoms with van der Waals surface area (Å²) in [6.07, 6.45) is 4.12. The molecule has 38 heavy (non-hydrogen) atoms. The highest BCUT2D eigenvalue weighted by atomic mass is 32.2. The van der Waals surface area contributed by atoms with Crippen molar-refractivity contribution in [3.8, 4) is 0 Å². The minimum Gasteiger partial charge on any atom is -0.343 e. The van der Waals surface area contributed by atoms with Gasteiger partial charge in [0.15, 0.2) is 0 Å². The first-order valence-corrected chi connectivity index (χ1v) is 11.8. The van der Waals surface area contributed by atoms with Gasteiger partial charge in [0.1, 0.15) is 5.37 Å². The predicted molar refractivity (Wildman–Crippen MR) is 136 cm³/mol. The smallest absolute Gasteiger partial charge is 0.280 e. The van der Waals surface area contributed by atoms with Gasteiger partial charge < -0.3 is 5.32 Å². The zero-order valence-electron chi connectivity index (χ0n) is 19.3. The topological polar surface area (TPSA) is 178 Å². The molecule has 0 radical (unpaired) electrons. The van der Waals surface area contributed by atoms with Gasteiger partial charge in [0.2, 0.25) is 0 Å². The van der Waals surface area contributed by atoms with E-state index in [2.05, 4.69) is 15.7 Å². The van der Waals surface area contributed by atoms with Crippen LogP contribution in [0.2, 0.25) is 0 Å². The van der Waals surface area contributed by atoms with Gasteiger partial charge in [0.05, 0.1) is 32.4 Å². The van der Waals surface area contributed by atoms with E-state index in [1.54, 1.807) is 12.1 Å². The van der Waals surface area contributed by atoms with Gasteiger partial charge in [-0.25, -0.2) is 5.01 Å². The maximum atomic E-state index is 13.3. The number of hydrogen-bond donors (Lipinski definition) is 2. The molecule has 2 N–H and O–H groups in total. The van der Waals surface area contributed by atoms with Crippen molar-refractivity contribution in [2.75, 3.05) is 6.54 Å². The molecule has 13 nitrogen and oxygen atoms in total. The quantitative estimate of drug-likeness (QED) is 0.250. The summed E-state index contributed by atoms with van der Waals surface area (Å²) in [6, 6.07) is 14.4. The Bertz CT molecular complexity index is 1460. The Hall–Kier alpha value is -5.11. The van der Waals surface area contributed by atoms with Gasteiger partial charge in [0.25, 0.3) is 29.1 Å². The lowest BCUT2D eigenvalue weighted by atomic mass is 10.1. The number of carbonyl (C=O) groups excluding carboxylic acids is 3. The van der Waals surface area contributed by atoms with Gasteiger partial charge in [-0.05, 0) is 30.3 Å². The fraction of sp³-hybridized carbons (Fsp3) is 0.0833. The minimum absolute atomic E-state index is 0.0172. The number of nitrogens with zero attached hydrogens (tertiary/aromatic N) is 4. The van der Waals surface area contributed by atoms with E-state index >= 15 is 0 Å². The van der Waals surface area contributed by atoms with E-state index in [4.69, 9.17) is 0 Å². The highest BCUT2D eigenvalue weighted by Crippen LogP contribution is 2.47. The van der Waals surface area contributed by atoms with Crippen molar-refractivity contribution in [3.63, 3.8) is 0 Å². The predicted octanol–water partition coefficient (Wildman–Crippen LogP) is 2.97. The number of nitrogens with one attached hydrogen (secondary N) is 2. The number of carbonyl (C=O) groups is 3. The molecule has 3 amide bonds. The molecule has 1 unspecified atom stereocenters. The number of nitro benzene ring substituents is 2. The van der Waals surface area contributed by atoms with Gasteiger partial charge >= 0.3 is 0 Å². The van der Waals surface area contributed by atoms with Crippen LogP contribution in [0.1, 0.15) is 26.9 Å². The minimum atomic E-state index is -1.06. The third kappa shape index (κ3) is 5.65. The highest BCUT2D eigenvalue weighted by molar-refractivity contribution is 8.04. The first kappa shape index (κ1) is 26.0. The average molecular weight is 535 g/mol. The van der Waals surface area contributed by atoms with E-state index in [0.29, 0.717) is 0 Å². The van der Waals surface area contributed by atoms with Crippen LogP contribution in [-0.2, 0) is 9.59 Å². The molecule has 14 heteroatoms. The van der Waals surface area contributed by atoms with Crippen LogP contribution in [-0.4, -0.2) is 44.1 Å². The van der Waals surface area contributed by atoms with Crippen LogP contribution in [0, 0.1) is 20.2 Å². The van der Waals surface area contributed by atoms with Crippen molar-refractivity contribution in [1.82, 2.24) is 20.7 Å². The Balaban J connectivity index is 1.63. The third-order valence-electron chi connectivity index (χ3n) is 5.32. The molecule has 1 aromatic heterocycles. The summed E-state index contributed by atoms with van der Waals surface area (Å²) >= 11 is 0.891. The molecular weight excluding hydrogens is 516 g/mol. The van der Waals surface area contributed by atoms with Crippen molar-refractivity contribution >= 4 is 46.9 Å². The van der Waals surface area contributed by atoms with Crippen LogP contribution in [0.25, 0.3) is 6.08 Å². The number of pyridine rings is 1. The molecule has 1 atom stereocenters. The normalized spacial score (nSPS) is 15.8. The van der Waals surface area contributed by atoms with Gasteiger partial charge in [-0.1, -0.05) is 36.0 Å². The van der Waals surface area contributed by atoms with E-state index < -0.39 is 39.5 Å². The van der Waals surface area contributed by atoms with Crippen LogP contribution in [0.3, 0.4) is 0 Å². The second kappa shape index (κ2) is 11.3. The number of aromatic nitrogens is 1. The van der Waals surface area contributed by atoms with Gasteiger partial charge in [-0.15, -0.1) is 0 Å². The van der Waals surface area contributed by atoms with Crippen LogP contribution in [0.5, 0.6) is 0 Å². The fourth-order valence-electron chi connectivity index (χ4n) is 3.58. The fourth-order valence-corrected chi connectivity index (χ4v) is 4.79. The van der Waals surface area contributed by atoms with Crippen LogP contribution < -0.4 is 10.7 Å². The summed E-state index contributed by atoms with van der Waals surface area (Å²) in [5.74, 6) is -2.04. The van der Waals surface area contributed by atoms with Crippen molar-refractivity contribution < 1.29 is 24.2 Å². The molecule has 1 aliphatic rings. The second-order valence-corrected chi connectivity index (χ2v) is 8.86. The monoisotopic (exact) mass is 534 g/mol. The molecule has 1 saturated heterocycles. The first-order chi connectivity index (χ1) is 18.3. The zero-order valence-corrected chi connectivity index (χ0v) is 20.2. The third-order valence-corrected chi connectivity index (χ3v) is 6.55. The van der Waals surface area contributed by atoms with Gasteiger partial charge in [0, 0.05) is 30.1 Å². The molecule has 0 spiro atoms. The molecule has 0 bridgehead atoms. The van der Waals surface area contributed by atoms with Crippen molar-refractivity contribution in [2.45, 2.75) is 5.37 Å². The molecule has 0 saturated carbocycles. The number of para-hydroxylation sites is 2. The molecule has 192 valence electrons. The van der Waals surface area contributed by atoms with E-state index in [0.717, 1.165) is 16.8 Å². The number of rotatable bonds is 8. The van der Waals surface area contributed by atoms with Crippen molar-refractivity contribution in [2.24, 2.45) is 0 Å². The number of nitro groups is 2. The second-order valence-electron chi connectivity index (χ2n) is 7.74. The summed E-state index contributed by atoms with van der Waals surface area (Å²) in [6.45, 7) is -0.498. The number of benzene rings is 2. The lowest BCUT2D eigenvalue weighted by molar-refractivity contribution is -0.385. The summed E-state index contributed by atoms with van der Waals surface area (Å²) in [5.41, 5.74) is 2.43. The molecule has 1 fully saturated rings. The number of amides is 3. The maximum Gasteiger partial charge on any atom is 0.280 e. The van der Waals surface area contributed by atoms with Crippen LogP contribution >= 0.6 is 11.8 Å². The first-order valence-electron chi connectivity index (χ1n) is 10.9. The largest absolute Gasteiger partial charge is 0.343 e. The summed E-state index contributed by atoms with van der Waals surface area (Å²) in [4.78, 5) is 64.0. The average Bonchev–Trinajstić information content (AvgIpc) is 3.22. The Morgan fingerprint density at radius 2 is 1.61 bits per heavy atom. The lowest BCUT2D eigenvalue weighted by Gasteiger charge is -2.24. The molecule has 3 aromatic rings. The lowest BCUT2D eigenvalue weighted by Crippen LogP contribution is -2.48. The molecule has 2 aromatic carbocycles. The zero-order chi connectivity index (χ0) is 27.2. The standard InChI is InChI=1S/C24H18N6O7S/c31-21(14-26-22(32)15-9-11-25-12-10-15)27-28-23(33)20(13-16-5-1-3-7-18(16)29(34)35)38-24(28)17-6-2-4-8-19(17)30(36)37/h1-13,24H,14H2,(H,26,32)(H,27,31)/b20-13-. The van der Waals surface area contributed by atoms with E-state index in [-0.39, 0.29) is 33.0 Å². The summed E-state index contributed by atoms with van der Waals surface area (Å²) < 4.78 is 0. The Morgan fingerprint density at radius 3 is 2.29 bits per heavy atom. The molecule has 0 aliphatic carbocycles. The van der Waals surface area contributed by atoms with Crippen LogP contribution in [0.4, 0.5) is 11.4 Å². The van der Waals surface area contributed by atoms with Crippen LogP contribution in [0.15, 0.2) is 78.0 Å². The highest BCUT2D eigenvalue weighted by Gasteiger charge is 2.41. The SMILES string of the molecule is O=C(CNC(=O)c1ccncc1)NN1C(=O)/C(=C/c2ccccc2[N+](=O)[O-])SC1c1ccccc1[N+](=O)[O-]. The number of hydrazine groups is 1. The Kier molecular flexibility index (Phi) is 7.72. The van der Waals surface area contributed by atoms with Gasteiger partial charge in [-0.3, -0.25) is 45.0 Å². The number of thioether (sulfide) groups is 1. The molecule has 1 aliphatic heterocycles.